The lowest BCUT2D eigenvalue weighted by Gasteiger charge is -1.97. The van der Waals surface area contributed by atoms with Crippen molar-refractivity contribution in [3.05, 3.63) is 47.5 Å². The number of ketones is 1. The molecule has 0 N–H and O–H groups in total. The van der Waals surface area contributed by atoms with Crippen LogP contribution in [0.2, 0.25) is 0 Å². The van der Waals surface area contributed by atoms with E-state index < -0.39 is 23.4 Å². The molecule has 0 saturated carbocycles. The zero-order valence-electron chi connectivity index (χ0n) is 7.37. The largest absolute Gasteiger partial charge is 0.545 e. The van der Waals surface area contributed by atoms with Crippen LogP contribution in [0.1, 0.15) is 10.4 Å². The summed E-state index contributed by atoms with van der Waals surface area (Å²) in [6, 6.07) is 2.53. The molecule has 0 aliphatic rings. The predicted octanol–water partition coefficient (Wildman–Crippen LogP) is 0.454. The number of benzene rings is 1. The van der Waals surface area contributed by atoms with E-state index in [2.05, 4.69) is 0 Å². The van der Waals surface area contributed by atoms with Crippen LogP contribution in [0.25, 0.3) is 0 Å². The molecule has 3 nitrogen and oxygen atoms in total. The van der Waals surface area contributed by atoms with E-state index in [0.29, 0.717) is 18.2 Å². The van der Waals surface area contributed by atoms with Crippen LogP contribution < -0.4 is 5.11 Å². The maximum absolute atomic E-state index is 12.7. The number of halogens is 2. The summed E-state index contributed by atoms with van der Waals surface area (Å²) in [4.78, 5) is 21.1. The highest BCUT2D eigenvalue weighted by Gasteiger charge is 2.06. The van der Waals surface area contributed by atoms with Gasteiger partial charge in [-0.3, -0.25) is 4.79 Å². The molecule has 0 radical (unpaired) electrons. The second-order valence-corrected chi connectivity index (χ2v) is 2.65. The molecule has 0 bridgehead atoms. The first kappa shape index (κ1) is 11.0. The number of carbonyl (C=O) groups excluding carboxylic acids is 2. The molecule has 1 aromatic rings. The van der Waals surface area contributed by atoms with Gasteiger partial charge in [-0.1, -0.05) is 0 Å². The van der Waals surface area contributed by atoms with Gasteiger partial charge < -0.3 is 9.90 Å². The molecule has 0 fully saturated rings. The molecule has 0 aromatic heterocycles. The molecule has 0 heterocycles. The van der Waals surface area contributed by atoms with Gasteiger partial charge in [-0.05, 0) is 30.4 Å². The normalized spacial score (nSPS) is 10.5. The third-order valence-electron chi connectivity index (χ3n) is 1.57. The highest BCUT2D eigenvalue weighted by molar-refractivity contribution is 6.06. The van der Waals surface area contributed by atoms with Crippen LogP contribution >= 0.6 is 0 Å². The first-order chi connectivity index (χ1) is 7.00. The molecule has 0 aliphatic heterocycles. The molecular weight excluding hydrogens is 206 g/mol. The standard InChI is InChI=1S/C10H6F2O3/c11-7-2-1-6(5-8(7)12)9(13)3-4-10(14)15/h1-5H,(H,14,15)/p-1/b4-3+. The van der Waals surface area contributed by atoms with E-state index in [0.717, 1.165) is 12.1 Å². The molecule has 0 spiro atoms. The van der Waals surface area contributed by atoms with Crippen molar-refractivity contribution in [3.63, 3.8) is 0 Å². The summed E-state index contributed by atoms with van der Waals surface area (Å²) in [5.41, 5.74) is -0.133. The van der Waals surface area contributed by atoms with Crippen molar-refractivity contribution in [2.45, 2.75) is 0 Å². The third-order valence-corrected chi connectivity index (χ3v) is 1.57. The lowest BCUT2D eigenvalue weighted by Crippen LogP contribution is -2.19. The fraction of sp³-hybridized carbons (Fsp3) is 0. The van der Waals surface area contributed by atoms with E-state index >= 15 is 0 Å². The number of hydrogen-bond acceptors (Lipinski definition) is 3. The highest BCUT2D eigenvalue weighted by Crippen LogP contribution is 2.09. The molecule has 0 atom stereocenters. The van der Waals surface area contributed by atoms with Crippen molar-refractivity contribution >= 4 is 11.8 Å². The van der Waals surface area contributed by atoms with Crippen LogP contribution in [0.5, 0.6) is 0 Å². The maximum Gasteiger partial charge on any atom is 0.186 e. The van der Waals surface area contributed by atoms with Crippen molar-refractivity contribution in [1.29, 1.82) is 0 Å². The van der Waals surface area contributed by atoms with Crippen molar-refractivity contribution in [3.8, 4) is 0 Å². The minimum Gasteiger partial charge on any atom is -0.545 e. The molecule has 15 heavy (non-hydrogen) atoms. The van der Waals surface area contributed by atoms with Gasteiger partial charge >= 0.3 is 0 Å². The Hall–Kier alpha value is -2.04. The summed E-state index contributed by atoms with van der Waals surface area (Å²) in [6.07, 6.45) is 1.23. The van der Waals surface area contributed by atoms with Crippen molar-refractivity contribution < 1.29 is 23.5 Å². The number of allylic oxidation sites excluding steroid dienone is 1. The van der Waals surface area contributed by atoms with Crippen molar-refractivity contribution in [2.75, 3.05) is 0 Å². The van der Waals surface area contributed by atoms with E-state index in [-0.39, 0.29) is 5.56 Å². The monoisotopic (exact) mass is 211 g/mol. The summed E-state index contributed by atoms with van der Waals surface area (Å²) < 4.78 is 25.1. The van der Waals surface area contributed by atoms with Crippen molar-refractivity contribution in [1.82, 2.24) is 0 Å². The van der Waals surface area contributed by atoms with Gasteiger partial charge in [-0.2, -0.15) is 0 Å². The molecule has 0 saturated heterocycles. The third kappa shape index (κ3) is 2.98. The second kappa shape index (κ2) is 4.45. The number of rotatable bonds is 3. The van der Waals surface area contributed by atoms with Crippen molar-refractivity contribution in [2.24, 2.45) is 0 Å². The van der Waals surface area contributed by atoms with E-state index in [1.807, 2.05) is 0 Å². The van der Waals surface area contributed by atoms with Crippen LogP contribution in [0.15, 0.2) is 30.4 Å². The number of hydrogen-bond donors (Lipinski definition) is 0. The van der Waals surface area contributed by atoms with Crippen LogP contribution in [-0.4, -0.2) is 11.8 Å². The molecule has 78 valence electrons. The summed E-state index contributed by atoms with van der Waals surface area (Å²) in [5.74, 6) is -4.51. The minimum atomic E-state index is -1.54. The van der Waals surface area contributed by atoms with Gasteiger partial charge in [0.25, 0.3) is 0 Å². The Balaban J connectivity index is 2.92. The first-order valence-electron chi connectivity index (χ1n) is 3.89. The minimum absolute atomic E-state index is 0.133. The SMILES string of the molecule is O=C([O-])/C=C/C(=O)c1ccc(F)c(F)c1. The lowest BCUT2D eigenvalue weighted by atomic mass is 10.1. The average Bonchev–Trinajstić information content (AvgIpc) is 2.18. The fourth-order valence-corrected chi connectivity index (χ4v) is 0.889. The summed E-state index contributed by atoms with van der Waals surface area (Å²) >= 11 is 0. The first-order valence-corrected chi connectivity index (χ1v) is 3.89. The van der Waals surface area contributed by atoms with E-state index in [1.54, 1.807) is 0 Å². The quantitative estimate of drug-likeness (QED) is 0.538. The van der Waals surface area contributed by atoms with Gasteiger partial charge in [0, 0.05) is 5.56 Å². The number of carboxylic acid groups (broad SMARTS) is 1. The van der Waals surface area contributed by atoms with E-state index in [1.165, 1.54) is 0 Å². The summed E-state index contributed by atoms with van der Waals surface area (Å²) in [7, 11) is 0. The topological polar surface area (TPSA) is 57.2 Å². The fourth-order valence-electron chi connectivity index (χ4n) is 0.889. The Kier molecular flexibility index (Phi) is 3.28. The zero-order valence-corrected chi connectivity index (χ0v) is 7.37. The zero-order chi connectivity index (χ0) is 11.4. The highest BCUT2D eigenvalue weighted by atomic mass is 19.2. The van der Waals surface area contributed by atoms with E-state index in [9.17, 15) is 23.5 Å². The summed E-state index contributed by atoms with van der Waals surface area (Å²) in [5, 5.41) is 9.97. The van der Waals surface area contributed by atoms with Gasteiger partial charge in [-0.25, -0.2) is 8.78 Å². The molecule has 5 heteroatoms. The Labute approximate surface area is 83.6 Å². The molecule has 1 rings (SSSR count). The smallest absolute Gasteiger partial charge is 0.186 e. The average molecular weight is 211 g/mol. The number of aliphatic carboxylic acids is 1. The molecule has 1 aromatic carbocycles. The molecule has 0 aliphatic carbocycles. The van der Waals surface area contributed by atoms with Gasteiger partial charge in [-0.15, -0.1) is 0 Å². The molecule has 0 amide bonds. The Morgan fingerprint density at radius 2 is 1.80 bits per heavy atom. The van der Waals surface area contributed by atoms with Gasteiger partial charge in [0.2, 0.25) is 0 Å². The Bertz CT molecular complexity index is 438. The van der Waals surface area contributed by atoms with E-state index in [4.69, 9.17) is 0 Å². The number of carbonyl (C=O) groups is 2. The van der Waals surface area contributed by atoms with Crippen LogP contribution in [-0.2, 0) is 4.79 Å². The van der Waals surface area contributed by atoms with Crippen LogP contribution in [0.3, 0.4) is 0 Å². The van der Waals surface area contributed by atoms with Gasteiger partial charge in [0.1, 0.15) is 0 Å². The van der Waals surface area contributed by atoms with Crippen LogP contribution in [0.4, 0.5) is 8.78 Å². The van der Waals surface area contributed by atoms with Crippen LogP contribution in [0, 0.1) is 11.6 Å². The van der Waals surface area contributed by atoms with Gasteiger partial charge in [0.15, 0.2) is 17.4 Å². The number of carboxylic acids is 1. The maximum atomic E-state index is 12.7. The van der Waals surface area contributed by atoms with Gasteiger partial charge in [0.05, 0.1) is 5.97 Å². The summed E-state index contributed by atoms with van der Waals surface area (Å²) in [6.45, 7) is 0. The Morgan fingerprint density at radius 1 is 1.13 bits per heavy atom. The lowest BCUT2D eigenvalue weighted by molar-refractivity contribution is -0.297. The molecular formula is C10H5F2O3-. The Morgan fingerprint density at radius 3 is 2.33 bits per heavy atom. The predicted molar refractivity (Wildman–Crippen MR) is 44.8 cm³/mol. The molecule has 0 unspecified atom stereocenters. The second-order valence-electron chi connectivity index (χ2n) is 2.65.